The molecule has 0 aromatic heterocycles. The lowest BCUT2D eigenvalue weighted by Crippen LogP contribution is -2.21. The van der Waals surface area contributed by atoms with Gasteiger partial charge in [-0.05, 0) is 25.9 Å². The minimum atomic E-state index is 0. The van der Waals surface area contributed by atoms with E-state index in [-0.39, 0.29) is 7.43 Å². The summed E-state index contributed by atoms with van der Waals surface area (Å²) >= 11 is 0. The van der Waals surface area contributed by atoms with Crippen LogP contribution in [0.25, 0.3) is 0 Å². The Bertz CT molecular complexity index is 19.7. The minimum absolute atomic E-state index is 0. The van der Waals surface area contributed by atoms with Gasteiger partial charge < -0.3 is 5.32 Å². The van der Waals surface area contributed by atoms with Crippen LogP contribution in [0.5, 0.6) is 0 Å². The highest BCUT2D eigenvalue weighted by molar-refractivity contribution is 4.55. The molecule has 0 amide bonds. The number of nitrogens with one attached hydrogen (secondary N) is 1. The lowest BCUT2D eigenvalue weighted by atomic mass is 10.2. The number of hydrogen-bond acceptors (Lipinski definition) is 1. The van der Waals surface area contributed by atoms with Gasteiger partial charge >= 0.3 is 0 Å². The van der Waals surface area contributed by atoms with Crippen LogP contribution < -0.4 is 5.32 Å². The third-order valence-corrected chi connectivity index (χ3v) is 1.21. The molecule has 1 saturated heterocycles. The Kier molecular flexibility index (Phi) is 4.10. The van der Waals surface area contributed by atoms with Crippen LogP contribution in [0.3, 0.4) is 0 Å². The van der Waals surface area contributed by atoms with E-state index >= 15 is 0 Å². The Morgan fingerprint density at radius 3 is 1.57 bits per heavy atom. The third kappa shape index (κ3) is 2.63. The zero-order chi connectivity index (χ0) is 4.24. The predicted molar refractivity (Wildman–Crippen MR) is 33.1 cm³/mol. The van der Waals surface area contributed by atoms with E-state index in [4.69, 9.17) is 0 Å². The van der Waals surface area contributed by atoms with Crippen molar-refractivity contribution in [3.63, 3.8) is 0 Å². The normalized spacial score (nSPS) is 20.6. The van der Waals surface area contributed by atoms with E-state index in [0.29, 0.717) is 0 Å². The van der Waals surface area contributed by atoms with Crippen molar-refractivity contribution in [3.8, 4) is 0 Å². The number of rotatable bonds is 0. The first-order valence-corrected chi connectivity index (χ1v) is 2.71. The highest BCUT2D eigenvalue weighted by Crippen LogP contribution is 1.96. The monoisotopic (exact) mass is 100 g/mol. The Balaban J connectivity index is 0.000000360. The van der Waals surface area contributed by atoms with Crippen molar-refractivity contribution < 1.29 is 0 Å². The maximum Gasteiger partial charge on any atom is -0.00489 e. The van der Waals surface area contributed by atoms with Gasteiger partial charge in [-0.2, -0.15) is 0 Å². The predicted octanol–water partition coefficient (Wildman–Crippen LogP) is 1.21. The van der Waals surface area contributed by atoms with E-state index in [1.807, 2.05) is 0 Å². The van der Waals surface area contributed by atoms with E-state index in [0.717, 1.165) is 0 Å². The largest absolute Gasteiger partial charge is 0.317 e. The molecule has 1 rings (SSSR count). The molecule has 0 atom stereocenters. The summed E-state index contributed by atoms with van der Waals surface area (Å²) in [6.07, 6.45) is 4.22. The summed E-state index contributed by atoms with van der Waals surface area (Å²) in [5, 5.41) is 3.28. The first-order chi connectivity index (χ1) is 3.00. The molecule has 0 aliphatic carbocycles. The van der Waals surface area contributed by atoms with Crippen molar-refractivity contribution in [2.24, 2.45) is 0 Å². The van der Waals surface area contributed by atoms with Gasteiger partial charge in [-0.25, -0.2) is 0 Å². The summed E-state index contributed by atoms with van der Waals surface area (Å²) in [5.74, 6) is 0. The molecule has 1 heteroatoms. The van der Waals surface area contributed by atoms with Crippen molar-refractivity contribution in [1.29, 1.82) is 0 Å². The molecule has 0 saturated carbocycles. The molecule has 0 bridgehead atoms. The maximum atomic E-state index is 3.28. The molecule has 0 unspecified atom stereocenters. The highest BCUT2D eigenvalue weighted by atomic mass is 14.9. The lowest BCUT2D eigenvalue weighted by Gasteiger charge is -2.08. The van der Waals surface area contributed by atoms with Gasteiger partial charge in [-0.15, -0.1) is 0 Å². The molecule has 1 aliphatic heterocycles. The lowest BCUT2D eigenvalue weighted by molar-refractivity contribution is 0.520. The molecule has 1 nitrogen and oxygen atoms in total. The summed E-state index contributed by atoms with van der Waals surface area (Å²) in [4.78, 5) is 0. The topological polar surface area (TPSA) is 12.0 Å². The van der Waals surface area contributed by atoms with Gasteiger partial charge in [0.25, 0.3) is 0 Å². The van der Waals surface area contributed by atoms with Crippen LogP contribution in [0.1, 0.15) is 19.3 Å². The van der Waals surface area contributed by atoms with Gasteiger partial charge in [0.05, 0.1) is 0 Å². The molecule has 0 aromatic carbocycles. The average molecular weight is 100 g/mol. The van der Waals surface area contributed by atoms with Crippen LogP contribution in [-0.2, 0) is 0 Å². The summed E-state index contributed by atoms with van der Waals surface area (Å²) in [6.45, 7) is 2.50. The maximum absolute atomic E-state index is 3.28. The van der Waals surface area contributed by atoms with Gasteiger partial charge in [0.1, 0.15) is 0 Å². The quantitative estimate of drug-likeness (QED) is 0.482. The molecule has 1 fully saturated rings. The first kappa shape index (κ1) is 6.96. The first-order valence-electron chi connectivity index (χ1n) is 2.71. The van der Waals surface area contributed by atoms with E-state index in [1.165, 1.54) is 32.4 Å². The highest BCUT2D eigenvalue weighted by Gasteiger charge is 1.93. The fraction of sp³-hybridized carbons (Fsp3) is 0.833. The van der Waals surface area contributed by atoms with Crippen LogP contribution >= 0.6 is 0 Å². The minimum Gasteiger partial charge on any atom is -0.317 e. The Morgan fingerprint density at radius 2 is 1.43 bits per heavy atom. The molecule has 0 aromatic rings. The summed E-state index contributed by atoms with van der Waals surface area (Å²) in [5.41, 5.74) is 0. The second-order valence-corrected chi connectivity index (χ2v) is 1.81. The molecule has 1 heterocycles. The third-order valence-electron chi connectivity index (χ3n) is 1.21. The van der Waals surface area contributed by atoms with Crippen molar-refractivity contribution in [2.45, 2.75) is 19.3 Å². The summed E-state index contributed by atoms with van der Waals surface area (Å²) in [7, 11) is 0. The molecule has 1 N–H and O–H groups in total. The Hall–Kier alpha value is -0.0400. The second kappa shape index (κ2) is 4.13. The van der Waals surface area contributed by atoms with Crippen LogP contribution in [-0.4, -0.2) is 13.1 Å². The fourth-order valence-electron chi connectivity index (χ4n) is 0.802. The summed E-state index contributed by atoms with van der Waals surface area (Å²) < 4.78 is 0. The second-order valence-electron chi connectivity index (χ2n) is 1.81. The van der Waals surface area contributed by atoms with E-state index < -0.39 is 0 Å². The number of hydrogen-bond donors (Lipinski definition) is 1. The van der Waals surface area contributed by atoms with Gasteiger partial charge in [-0.1, -0.05) is 13.8 Å². The molecule has 0 spiro atoms. The van der Waals surface area contributed by atoms with Gasteiger partial charge in [-0.3, -0.25) is 0 Å². The SMILES string of the molecule is C1CCNCC1.[CH3]. The van der Waals surface area contributed by atoms with Crippen molar-refractivity contribution in [2.75, 3.05) is 13.1 Å². The zero-order valence-electron chi connectivity index (χ0n) is 5.04. The van der Waals surface area contributed by atoms with Crippen LogP contribution in [0.15, 0.2) is 0 Å². The van der Waals surface area contributed by atoms with E-state index in [1.54, 1.807) is 0 Å². The molecule has 1 radical (unpaired) electrons. The van der Waals surface area contributed by atoms with Gasteiger partial charge in [0.2, 0.25) is 0 Å². The van der Waals surface area contributed by atoms with Crippen molar-refractivity contribution >= 4 is 0 Å². The van der Waals surface area contributed by atoms with Crippen molar-refractivity contribution in [3.05, 3.63) is 7.43 Å². The fourth-order valence-corrected chi connectivity index (χ4v) is 0.802. The number of piperidine rings is 1. The standard InChI is InChI=1S/C5H11N.CH3/c1-2-4-6-5-3-1;/h6H,1-5H2;1H3. The van der Waals surface area contributed by atoms with Crippen LogP contribution in [0.4, 0.5) is 0 Å². The van der Waals surface area contributed by atoms with Gasteiger partial charge in [0.15, 0.2) is 0 Å². The van der Waals surface area contributed by atoms with E-state index in [2.05, 4.69) is 5.32 Å². The zero-order valence-corrected chi connectivity index (χ0v) is 5.04. The Morgan fingerprint density at radius 1 is 0.857 bits per heavy atom. The van der Waals surface area contributed by atoms with Crippen LogP contribution in [0, 0.1) is 7.43 Å². The molecule has 43 valence electrons. The van der Waals surface area contributed by atoms with Crippen LogP contribution in [0.2, 0.25) is 0 Å². The van der Waals surface area contributed by atoms with Gasteiger partial charge in [0, 0.05) is 0 Å². The molecule has 1 aliphatic rings. The molecular weight excluding hydrogens is 86.1 g/mol. The summed E-state index contributed by atoms with van der Waals surface area (Å²) in [6, 6.07) is 0. The van der Waals surface area contributed by atoms with Crippen molar-refractivity contribution in [1.82, 2.24) is 5.32 Å². The smallest absolute Gasteiger partial charge is 0.00489 e. The average Bonchev–Trinajstić information content (AvgIpc) is 1.72. The molecular formula is C6H14N. The molecule has 7 heavy (non-hydrogen) atoms. The van der Waals surface area contributed by atoms with E-state index in [9.17, 15) is 0 Å². The Labute approximate surface area is 46.1 Å².